The van der Waals surface area contributed by atoms with Gasteiger partial charge in [-0.05, 0) is 33.0 Å². The number of carbonyl (C=O) groups excluding carboxylic acids is 2. The number of urea groups is 1. The third-order valence-electron chi connectivity index (χ3n) is 6.38. The zero-order valence-corrected chi connectivity index (χ0v) is 21.5. The molecule has 4 rings (SSSR count). The minimum absolute atomic E-state index is 0.00693. The van der Waals surface area contributed by atoms with Crippen molar-refractivity contribution >= 4 is 28.7 Å². The molecule has 0 aliphatic heterocycles. The first-order chi connectivity index (χ1) is 18.8. The van der Waals surface area contributed by atoms with E-state index in [2.05, 4.69) is 23.5 Å². The average molecular weight is 527 g/mol. The molecule has 4 aromatic rings. The van der Waals surface area contributed by atoms with E-state index < -0.39 is 30.1 Å². The maximum Gasteiger partial charge on any atom is 0.337 e. The number of rotatable bonds is 10. The van der Waals surface area contributed by atoms with Gasteiger partial charge in [0, 0.05) is 13.5 Å². The second-order valence-electron chi connectivity index (χ2n) is 9.26. The summed E-state index contributed by atoms with van der Waals surface area (Å²) in [5.41, 5.74) is 3.57. The van der Waals surface area contributed by atoms with Gasteiger partial charge < -0.3 is 25.2 Å². The highest BCUT2D eigenvalue weighted by Gasteiger charge is 2.25. The minimum Gasteiger partial charge on any atom is -0.480 e. The minimum atomic E-state index is -1.57. The van der Waals surface area contributed by atoms with Gasteiger partial charge in [0.05, 0.1) is 6.54 Å². The van der Waals surface area contributed by atoms with Gasteiger partial charge in [0.15, 0.2) is 6.10 Å². The molecule has 2 amide bonds. The molecular formula is C31H30N2O6. The molecule has 2 atom stereocenters. The lowest BCUT2D eigenvalue weighted by atomic mass is 9.96. The predicted octanol–water partition coefficient (Wildman–Crippen LogP) is 4.25. The fraction of sp³-hybridized carbons (Fsp3) is 0.194. The van der Waals surface area contributed by atoms with Crippen molar-refractivity contribution < 1.29 is 29.3 Å². The van der Waals surface area contributed by atoms with Gasteiger partial charge >= 0.3 is 18.0 Å². The highest BCUT2D eigenvalue weighted by atomic mass is 16.5. The van der Waals surface area contributed by atoms with E-state index in [4.69, 9.17) is 4.74 Å². The summed E-state index contributed by atoms with van der Waals surface area (Å²) in [5, 5.41) is 24.6. The number of carboxylic acids is 1. The molecule has 200 valence electrons. The summed E-state index contributed by atoms with van der Waals surface area (Å²) >= 11 is 0. The molecule has 0 aromatic heterocycles. The van der Waals surface area contributed by atoms with Gasteiger partial charge in [0.25, 0.3) is 0 Å². The second-order valence-corrected chi connectivity index (χ2v) is 9.26. The van der Waals surface area contributed by atoms with Crippen molar-refractivity contribution in [2.75, 3.05) is 13.6 Å². The van der Waals surface area contributed by atoms with Crippen molar-refractivity contribution in [3.8, 4) is 11.1 Å². The van der Waals surface area contributed by atoms with Crippen LogP contribution in [0.3, 0.4) is 0 Å². The number of fused-ring (bicyclic) bond motifs is 1. The van der Waals surface area contributed by atoms with E-state index in [0.717, 1.165) is 37.9 Å². The second kappa shape index (κ2) is 12.7. The smallest absolute Gasteiger partial charge is 0.337 e. The van der Waals surface area contributed by atoms with Crippen LogP contribution in [0.1, 0.15) is 11.1 Å². The maximum atomic E-state index is 12.6. The summed E-state index contributed by atoms with van der Waals surface area (Å²) < 4.78 is 5.09. The molecule has 0 saturated heterocycles. The topological polar surface area (TPSA) is 116 Å². The molecule has 0 bridgehead atoms. The standard InChI is InChI=1S/C31H30N2O6/c1-33(19-28(34)30(37)39-20-22-8-3-2-4-9-22)31(38)32-27(29(35)36)18-21-14-16-24(17-15-21)26-13-7-11-23-10-5-6-12-25(23)26/h2-17,27-28,34H,18-20H2,1H3,(H,32,38)(H,35,36)/t27-,28?/m0/s1. The molecular weight excluding hydrogens is 496 g/mol. The third kappa shape index (κ3) is 7.21. The number of aliphatic hydroxyl groups is 1. The zero-order chi connectivity index (χ0) is 27.8. The van der Waals surface area contributed by atoms with Crippen LogP contribution in [-0.4, -0.2) is 58.8 Å². The zero-order valence-electron chi connectivity index (χ0n) is 21.5. The van der Waals surface area contributed by atoms with Gasteiger partial charge in [0.1, 0.15) is 12.6 Å². The number of likely N-dealkylation sites (N-methyl/N-ethyl adjacent to an activating group) is 1. The van der Waals surface area contributed by atoms with Crippen molar-refractivity contribution in [3.05, 3.63) is 108 Å². The van der Waals surface area contributed by atoms with Crippen LogP contribution in [0.5, 0.6) is 0 Å². The molecule has 0 aliphatic rings. The van der Waals surface area contributed by atoms with E-state index in [1.165, 1.54) is 7.05 Å². The Hall–Kier alpha value is -4.69. The molecule has 0 radical (unpaired) electrons. The highest BCUT2D eigenvalue weighted by molar-refractivity contribution is 5.96. The quantitative estimate of drug-likeness (QED) is 0.266. The highest BCUT2D eigenvalue weighted by Crippen LogP contribution is 2.28. The molecule has 0 saturated carbocycles. The summed E-state index contributed by atoms with van der Waals surface area (Å²) in [5.74, 6) is -2.07. The Bertz CT molecular complexity index is 1430. The van der Waals surface area contributed by atoms with Crippen LogP contribution in [0.15, 0.2) is 97.1 Å². The molecule has 8 nitrogen and oxygen atoms in total. The molecule has 1 unspecified atom stereocenters. The lowest BCUT2D eigenvalue weighted by Gasteiger charge is -2.23. The van der Waals surface area contributed by atoms with E-state index >= 15 is 0 Å². The maximum absolute atomic E-state index is 12.6. The van der Waals surface area contributed by atoms with E-state index in [0.29, 0.717) is 0 Å². The van der Waals surface area contributed by atoms with Crippen LogP contribution in [0.25, 0.3) is 21.9 Å². The largest absolute Gasteiger partial charge is 0.480 e. The Morgan fingerprint density at radius 1 is 0.846 bits per heavy atom. The Kier molecular flexibility index (Phi) is 8.91. The number of nitrogens with zero attached hydrogens (tertiary/aromatic N) is 1. The van der Waals surface area contributed by atoms with E-state index in [1.54, 1.807) is 24.3 Å². The molecule has 0 aliphatic carbocycles. The Labute approximate surface area is 226 Å². The lowest BCUT2D eigenvalue weighted by molar-refractivity contribution is -0.155. The number of amides is 2. The van der Waals surface area contributed by atoms with Gasteiger partial charge in [-0.3, -0.25) is 0 Å². The Balaban J connectivity index is 1.33. The SMILES string of the molecule is CN(CC(O)C(=O)OCc1ccccc1)C(=O)N[C@@H](Cc1ccc(-c2cccc3ccccc23)cc1)C(=O)O. The summed E-state index contributed by atoms with van der Waals surface area (Å²) in [6.07, 6.45) is -1.51. The number of ether oxygens (including phenoxy) is 1. The monoisotopic (exact) mass is 526 g/mol. The molecule has 4 aromatic carbocycles. The number of aliphatic hydroxyl groups excluding tert-OH is 1. The summed E-state index contributed by atoms with van der Waals surface area (Å²) in [6.45, 7) is -0.363. The van der Waals surface area contributed by atoms with Gasteiger partial charge in [-0.15, -0.1) is 0 Å². The van der Waals surface area contributed by atoms with Gasteiger partial charge in [-0.2, -0.15) is 0 Å². The first-order valence-electron chi connectivity index (χ1n) is 12.5. The molecule has 8 heteroatoms. The number of benzene rings is 4. The van der Waals surface area contributed by atoms with Crippen LogP contribution in [0.2, 0.25) is 0 Å². The van der Waals surface area contributed by atoms with Crippen LogP contribution >= 0.6 is 0 Å². The fourth-order valence-corrected chi connectivity index (χ4v) is 4.23. The Morgan fingerprint density at radius 3 is 2.23 bits per heavy atom. The molecule has 0 heterocycles. The van der Waals surface area contributed by atoms with E-state index in [9.17, 15) is 24.6 Å². The van der Waals surface area contributed by atoms with Crippen LogP contribution in [-0.2, 0) is 27.4 Å². The Morgan fingerprint density at radius 2 is 1.51 bits per heavy atom. The third-order valence-corrected chi connectivity index (χ3v) is 6.38. The normalized spacial score (nSPS) is 12.4. The van der Waals surface area contributed by atoms with Gasteiger partial charge in [0.2, 0.25) is 0 Å². The molecule has 0 fully saturated rings. The van der Waals surface area contributed by atoms with Crippen molar-refractivity contribution in [1.82, 2.24) is 10.2 Å². The van der Waals surface area contributed by atoms with Crippen molar-refractivity contribution in [3.63, 3.8) is 0 Å². The van der Waals surface area contributed by atoms with Gasteiger partial charge in [-0.1, -0.05) is 97.1 Å². The summed E-state index contributed by atoms with van der Waals surface area (Å²) in [6, 6.07) is 28.8. The van der Waals surface area contributed by atoms with Crippen LogP contribution in [0, 0.1) is 0 Å². The number of carboxylic acid groups (broad SMARTS) is 1. The van der Waals surface area contributed by atoms with E-state index in [1.807, 2.05) is 54.6 Å². The summed E-state index contributed by atoms with van der Waals surface area (Å²) in [7, 11) is 1.36. The van der Waals surface area contributed by atoms with Crippen molar-refractivity contribution in [1.29, 1.82) is 0 Å². The lowest BCUT2D eigenvalue weighted by Crippen LogP contribution is -2.50. The van der Waals surface area contributed by atoms with Crippen molar-refractivity contribution in [2.45, 2.75) is 25.2 Å². The molecule has 39 heavy (non-hydrogen) atoms. The predicted molar refractivity (Wildman–Crippen MR) is 148 cm³/mol. The number of nitrogens with one attached hydrogen (secondary N) is 1. The number of esters is 1. The number of carbonyl (C=O) groups is 3. The van der Waals surface area contributed by atoms with Crippen molar-refractivity contribution in [2.24, 2.45) is 0 Å². The average Bonchev–Trinajstić information content (AvgIpc) is 2.96. The van der Waals surface area contributed by atoms with Gasteiger partial charge in [-0.25, -0.2) is 14.4 Å². The summed E-state index contributed by atoms with van der Waals surface area (Å²) in [4.78, 5) is 37.7. The molecule has 3 N–H and O–H groups in total. The first-order valence-corrected chi connectivity index (χ1v) is 12.5. The molecule has 0 spiro atoms. The first kappa shape index (κ1) is 27.3. The van der Waals surface area contributed by atoms with Crippen LogP contribution < -0.4 is 5.32 Å². The van der Waals surface area contributed by atoms with Crippen LogP contribution in [0.4, 0.5) is 4.79 Å². The van der Waals surface area contributed by atoms with E-state index in [-0.39, 0.29) is 19.6 Å². The fourth-order valence-electron chi connectivity index (χ4n) is 4.23. The number of aliphatic carboxylic acids is 1. The number of hydrogen-bond acceptors (Lipinski definition) is 5. The number of hydrogen-bond donors (Lipinski definition) is 3.